The Morgan fingerprint density at radius 3 is 2.57 bits per heavy atom. The number of aliphatic hydroxyl groups excluding tert-OH is 1. The summed E-state index contributed by atoms with van der Waals surface area (Å²) in [7, 11) is 1.90. The predicted molar refractivity (Wildman–Crippen MR) is 126 cm³/mol. The Bertz CT molecular complexity index is 714. The summed E-state index contributed by atoms with van der Waals surface area (Å²) in [5.74, 6) is 0.402. The molecule has 1 fully saturated rings. The van der Waals surface area contributed by atoms with Gasteiger partial charge in [-0.05, 0) is 79.0 Å². The van der Waals surface area contributed by atoms with Crippen LogP contribution in [0.4, 0.5) is 0 Å². The van der Waals surface area contributed by atoms with E-state index >= 15 is 0 Å². The number of carbonyl (C=O) groups excluding carboxylic acids is 1. The van der Waals surface area contributed by atoms with Gasteiger partial charge in [0.25, 0.3) is 5.91 Å². The predicted octanol–water partition coefficient (Wildman–Crippen LogP) is 4.83. The molecule has 5 nitrogen and oxygen atoms in total. The quantitative estimate of drug-likeness (QED) is 0.492. The summed E-state index contributed by atoms with van der Waals surface area (Å²) in [6, 6.07) is 8.71. The van der Waals surface area contributed by atoms with Crippen molar-refractivity contribution in [3.8, 4) is 0 Å². The standard InChI is InChI=1S/C24H34INO4/c1-3-29-24-20(10-7-15-27)21(17-11-13-18(25)14-12-17)16-22(30-24)23(28)26(2)19-8-5-4-6-9-19/h11-14,16,19-21,24,27H,3-10,15H2,1-2H3/t20-,21-,24-/m0/s1. The number of halogens is 1. The highest BCUT2D eigenvalue weighted by molar-refractivity contribution is 14.1. The molecule has 0 spiro atoms. The fourth-order valence-corrected chi connectivity index (χ4v) is 4.99. The van der Waals surface area contributed by atoms with Gasteiger partial charge in [-0.15, -0.1) is 0 Å². The van der Waals surface area contributed by atoms with Gasteiger partial charge in [0.15, 0.2) is 5.76 Å². The van der Waals surface area contributed by atoms with E-state index in [1.54, 1.807) is 0 Å². The molecule has 6 heteroatoms. The van der Waals surface area contributed by atoms with Crippen LogP contribution in [0.5, 0.6) is 0 Å². The molecule has 30 heavy (non-hydrogen) atoms. The summed E-state index contributed by atoms with van der Waals surface area (Å²) >= 11 is 2.30. The van der Waals surface area contributed by atoms with E-state index in [-0.39, 0.29) is 30.4 Å². The van der Waals surface area contributed by atoms with E-state index in [9.17, 15) is 9.90 Å². The number of hydrogen-bond donors (Lipinski definition) is 1. The van der Waals surface area contributed by atoms with Crippen LogP contribution in [0.15, 0.2) is 36.1 Å². The van der Waals surface area contributed by atoms with Crippen molar-refractivity contribution in [2.45, 2.75) is 70.1 Å². The summed E-state index contributed by atoms with van der Waals surface area (Å²) in [6.45, 7) is 2.59. The molecule has 166 valence electrons. The number of carbonyl (C=O) groups is 1. The van der Waals surface area contributed by atoms with Crippen LogP contribution in [0.25, 0.3) is 0 Å². The summed E-state index contributed by atoms with van der Waals surface area (Å²) in [5.41, 5.74) is 1.15. The molecule has 1 aromatic rings. The lowest BCUT2D eigenvalue weighted by Crippen LogP contribution is -2.43. The molecule has 1 amide bonds. The van der Waals surface area contributed by atoms with Gasteiger partial charge in [-0.1, -0.05) is 31.4 Å². The van der Waals surface area contributed by atoms with Crippen molar-refractivity contribution in [2.75, 3.05) is 20.3 Å². The highest BCUT2D eigenvalue weighted by Gasteiger charge is 2.39. The molecule has 2 aliphatic rings. The van der Waals surface area contributed by atoms with Crippen LogP contribution in [0, 0.1) is 9.49 Å². The molecule has 1 aliphatic heterocycles. The van der Waals surface area contributed by atoms with E-state index in [1.807, 2.05) is 24.9 Å². The molecule has 3 rings (SSSR count). The van der Waals surface area contributed by atoms with Gasteiger partial charge in [-0.25, -0.2) is 0 Å². The van der Waals surface area contributed by atoms with E-state index in [2.05, 4.69) is 46.9 Å². The second-order valence-electron chi connectivity index (χ2n) is 8.29. The molecule has 1 heterocycles. The number of aliphatic hydroxyl groups is 1. The number of ether oxygens (including phenoxy) is 2. The third-order valence-corrected chi connectivity index (χ3v) is 7.04. The molecule has 0 radical (unpaired) electrons. The number of allylic oxidation sites excluding steroid dienone is 1. The molecule has 0 bridgehead atoms. The van der Waals surface area contributed by atoms with Crippen LogP contribution in [0.2, 0.25) is 0 Å². The highest BCUT2D eigenvalue weighted by atomic mass is 127. The van der Waals surface area contributed by atoms with E-state index in [0.717, 1.165) is 24.8 Å². The van der Waals surface area contributed by atoms with Crippen LogP contribution in [-0.2, 0) is 14.3 Å². The molecule has 0 saturated heterocycles. The number of rotatable bonds is 8. The van der Waals surface area contributed by atoms with Crippen molar-refractivity contribution in [1.82, 2.24) is 4.90 Å². The minimum Gasteiger partial charge on any atom is -0.459 e. The largest absolute Gasteiger partial charge is 0.459 e. The van der Waals surface area contributed by atoms with Crippen molar-refractivity contribution in [3.05, 3.63) is 45.2 Å². The highest BCUT2D eigenvalue weighted by Crippen LogP contribution is 2.40. The molecule has 1 saturated carbocycles. The normalized spacial score (nSPS) is 24.8. The Morgan fingerprint density at radius 1 is 1.23 bits per heavy atom. The average molecular weight is 527 g/mol. The first kappa shape index (κ1) is 23.5. The average Bonchev–Trinajstić information content (AvgIpc) is 2.78. The smallest absolute Gasteiger partial charge is 0.288 e. The maximum atomic E-state index is 13.3. The van der Waals surface area contributed by atoms with Gasteiger partial charge < -0.3 is 19.5 Å². The zero-order valence-electron chi connectivity index (χ0n) is 18.1. The van der Waals surface area contributed by atoms with Gasteiger partial charge in [-0.2, -0.15) is 0 Å². The minimum atomic E-state index is -0.491. The molecule has 1 N–H and O–H groups in total. The Kier molecular flexibility index (Phi) is 9.01. The van der Waals surface area contributed by atoms with E-state index in [4.69, 9.17) is 9.47 Å². The molecule has 1 aliphatic carbocycles. The molecule has 0 aromatic heterocycles. The summed E-state index contributed by atoms with van der Waals surface area (Å²) in [6.07, 6.45) is 8.68. The monoisotopic (exact) mass is 527 g/mol. The zero-order chi connectivity index (χ0) is 21.5. The number of likely N-dealkylation sites (N-methyl/N-ethyl adjacent to an activating group) is 1. The third kappa shape index (κ3) is 5.77. The maximum absolute atomic E-state index is 13.3. The first-order valence-electron chi connectivity index (χ1n) is 11.2. The van der Waals surface area contributed by atoms with Crippen LogP contribution in [-0.4, -0.2) is 48.5 Å². The number of benzene rings is 1. The second kappa shape index (κ2) is 11.5. The number of nitrogens with zero attached hydrogens (tertiary/aromatic N) is 1. The van der Waals surface area contributed by atoms with E-state index in [1.165, 1.54) is 22.8 Å². The third-order valence-electron chi connectivity index (χ3n) is 6.32. The van der Waals surface area contributed by atoms with Gasteiger partial charge in [-0.3, -0.25) is 4.79 Å². The van der Waals surface area contributed by atoms with Crippen molar-refractivity contribution in [3.63, 3.8) is 0 Å². The molecular weight excluding hydrogens is 493 g/mol. The summed E-state index contributed by atoms with van der Waals surface area (Å²) in [4.78, 5) is 15.2. The Morgan fingerprint density at radius 2 is 1.93 bits per heavy atom. The fourth-order valence-electron chi connectivity index (χ4n) is 4.63. The first-order valence-corrected chi connectivity index (χ1v) is 12.3. The van der Waals surface area contributed by atoms with Gasteiger partial charge in [0, 0.05) is 41.7 Å². The van der Waals surface area contributed by atoms with Gasteiger partial charge in [0.2, 0.25) is 6.29 Å². The second-order valence-corrected chi connectivity index (χ2v) is 9.53. The van der Waals surface area contributed by atoms with Gasteiger partial charge in [0.05, 0.1) is 0 Å². The first-order chi connectivity index (χ1) is 14.5. The molecule has 1 aromatic carbocycles. The summed E-state index contributed by atoms with van der Waals surface area (Å²) in [5, 5.41) is 9.40. The van der Waals surface area contributed by atoms with E-state index < -0.39 is 6.29 Å². The van der Waals surface area contributed by atoms with Crippen LogP contribution in [0.3, 0.4) is 0 Å². The Hall–Kier alpha value is -1.12. The topological polar surface area (TPSA) is 59.0 Å². The van der Waals surface area contributed by atoms with Crippen molar-refractivity contribution in [1.29, 1.82) is 0 Å². The van der Waals surface area contributed by atoms with Gasteiger partial charge in [0.1, 0.15) is 0 Å². The van der Waals surface area contributed by atoms with Crippen LogP contribution >= 0.6 is 22.6 Å². The summed E-state index contributed by atoms with van der Waals surface area (Å²) < 4.78 is 13.3. The minimum absolute atomic E-state index is 0.0116. The number of amides is 1. The fraction of sp³-hybridized carbons (Fsp3) is 0.625. The van der Waals surface area contributed by atoms with Crippen LogP contribution < -0.4 is 0 Å². The SMILES string of the molecule is CCO[C@H]1OC(C(=O)N(C)C2CCCCC2)=C[C@@H](c2ccc(I)cc2)[C@@H]1CCCO. The Labute approximate surface area is 194 Å². The Balaban J connectivity index is 1.90. The number of hydrogen-bond acceptors (Lipinski definition) is 4. The molecular formula is C24H34INO4. The van der Waals surface area contributed by atoms with E-state index in [0.29, 0.717) is 18.8 Å². The van der Waals surface area contributed by atoms with Crippen molar-refractivity contribution < 1.29 is 19.4 Å². The maximum Gasteiger partial charge on any atom is 0.288 e. The lowest BCUT2D eigenvalue weighted by Gasteiger charge is -2.39. The van der Waals surface area contributed by atoms with Crippen LogP contribution in [0.1, 0.15) is 63.4 Å². The van der Waals surface area contributed by atoms with Gasteiger partial charge >= 0.3 is 0 Å². The van der Waals surface area contributed by atoms with Crippen molar-refractivity contribution in [2.24, 2.45) is 5.92 Å². The molecule has 0 unspecified atom stereocenters. The zero-order valence-corrected chi connectivity index (χ0v) is 20.2. The molecule has 3 atom stereocenters. The van der Waals surface area contributed by atoms with Crippen molar-refractivity contribution >= 4 is 28.5 Å². The lowest BCUT2D eigenvalue weighted by atomic mass is 9.80. The lowest BCUT2D eigenvalue weighted by molar-refractivity contribution is -0.170.